The number of nitrogens with two attached hydrogens (primary N) is 1. The summed E-state index contributed by atoms with van der Waals surface area (Å²) in [5.41, 5.74) is 5.60. The molecular formula is C13H25N3O3. The van der Waals surface area contributed by atoms with Crippen molar-refractivity contribution in [3.63, 3.8) is 0 Å². The molecule has 1 aliphatic heterocycles. The lowest BCUT2D eigenvalue weighted by Gasteiger charge is -2.26. The van der Waals surface area contributed by atoms with E-state index >= 15 is 0 Å². The van der Waals surface area contributed by atoms with Gasteiger partial charge >= 0.3 is 5.97 Å². The van der Waals surface area contributed by atoms with Gasteiger partial charge in [0.2, 0.25) is 5.91 Å². The van der Waals surface area contributed by atoms with Crippen molar-refractivity contribution >= 4 is 11.9 Å². The monoisotopic (exact) mass is 271 g/mol. The third kappa shape index (κ3) is 7.12. The molecule has 1 rings (SSSR count). The van der Waals surface area contributed by atoms with Gasteiger partial charge in [-0.05, 0) is 45.3 Å². The van der Waals surface area contributed by atoms with Crippen LogP contribution < -0.4 is 11.1 Å². The van der Waals surface area contributed by atoms with E-state index in [0.29, 0.717) is 6.54 Å². The van der Waals surface area contributed by atoms with E-state index in [1.54, 1.807) is 0 Å². The van der Waals surface area contributed by atoms with Gasteiger partial charge in [-0.25, -0.2) is 0 Å². The molecule has 1 aliphatic rings. The highest BCUT2D eigenvalue weighted by Crippen LogP contribution is 2.08. The molecule has 110 valence electrons. The predicted molar refractivity (Wildman–Crippen MR) is 72.8 cm³/mol. The van der Waals surface area contributed by atoms with Gasteiger partial charge in [-0.1, -0.05) is 6.42 Å². The normalized spacial score (nSPS) is 17.9. The van der Waals surface area contributed by atoms with Crippen molar-refractivity contribution in [3.8, 4) is 0 Å². The molecule has 19 heavy (non-hydrogen) atoms. The number of carboxylic acid groups (broad SMARTS) is 1. The Morgan fingerprint density at radius 2 is 1.95 bits per heavy atom. The third-order valence-electron chi connectivity index (χ3n) is 3.41. The highest BCUT2D eigenvalue weighted by Gasteiger charge is 2.14. The van der Waals surface area contributed by atoms with Crippen LogP contribution in [0.1, 0.15) is 38.5 Å². The fraction of sp³-hybridized carbons (Fsp3) is 0.846. The summed E-state index contributed by atoms with van der Waals surface area (Å²) in [6.45, 7) is 3.93. The molecule has 1 atom stereocenters. The van der Waals surface area contributed by atoms with Gasteiger partial charge in [0.25, 0.3) is 0 Å². The summed E-state index contributed by atoms with van der Waals surface area (Å²) in [7, 11) is 0. The van der Waals surface area contributed by atoms with Crippen LogP contribution in [0.2, 0.25) is 0 Å². The average molecular weight is 271 g/mol. The van der Waals surface area contributed by atoms with Crippen LogP contribution in [-0.4, -0.2) is 54.1 Å². The number of hydrogen-bond acceptors (Lipinski definition) is 4. The Balaban J connectivity index is 2.04. The number of aliphatic carboxylic acids is 1. The van der Waals surface area contributed by atoms with E-state index in [1.807, 2.05) is 0 Å². The molecule has 1 fully saturated rings. The number of piperidine rings is 1. The molecule has 0 saturated carbocycles. The Labute approximate surface area is 114 Å². The van der Waals surface area contributed by atoms with Crippen LogP contribution in [0, 0.1) is 0 Å². The number of likely N-dealkylation sites (tertiary alicyclic amines) is 1. The molecule has 4 N–H and O–H groups in total. The van der Waals surface area contributed by atoms with Crippen molar-refractivity contribution in [1.29, 1.82) is 0 Å². The maximum absolute atomic E-state index is 11.6. The zero-order chi connectivity index (χ0) is 14.1. The number of carboxylic acids is 1. The number of hydrogen-bond donors (Lipinski definition) is 3. The summed E-state index contributed by atoms with van der Waals surface area (Å²) in [4.78, 5) is 24.3. The quantitative estimate of drug-likeness (QED) is 0.547. The fourth-order valence-corrected chi connectivity index (χ4v) is 2.24. The second-order valence-electron chi connectivity index (χ2n) is 5.09. The molecule has 0 radical (unpaired) electrons. The topological polar surface area (TPSA) is 95.7 Å². The number of carbonyl (C=O) groups excluding carboxylic acids is 1. The van der Waals surface area contributed by atoms with Crippen LogP contribution >= 0.6 is 0 Å². The van der Waals surface area contributed by atoms with Crippen LogP contribution in [-0.2, 0) is 9.59 Å². The van der Waals surface area contributed by atoms with Gasteiger partial charge in [0.15, 0.2) is 0 Å². The molecule has 6 heteroatoms. The van der Waals surface area contributed by atoms with Crippen molar-refractivity contribution in [1.82, 2.24) is 10.2 Å². The van der Waals surface area contributed by atoms with Gasteiger partial charge in [-0.15, -0.1) is 0 Å². The van der Waals surface area contributed by atoms with Gasteiger partial charge < -0.3 is 21.1 Å². The molecule has 6 nitrogen and oxygen atoms in total. The molecule has 1 amide bonds. The molecular weight excluding hydrogens is 246 g/mol. The summed E-state index contributed by atoms with van der Waals surface area (Å²) in [5.74, 6) is -1.17. The van der Waals surface area contributed by atoms with E-state index in [2.05, 4.69) is 10.2 Å². The third-order valence-corrected chi connectivity index (χ3v) is 3.41. The second-order valence-corrected chi connectivity index (χ2v) is 5.09. The molecule has 0 spiro atoms. The number of rotatable bonds is 8. The highest BCUT2D eigenvalue weighted by atomic mass is 16.4. The van der Waals surface area contributed by atoms with Crippen molar-refractivity contribution in [2.75, 3.05) is 26.2 Å². The summed E-state index contributed by atoms with van der Waals surface area (Å²) >= 11 is 0. The number of nitrogens with zero attached hydrogens (tertiary/aromatic N) is 1. The summed E-state index contributed by atoms with van der Waals surface area (Å²) in [6, 6.07) is -0.717. The lowest BCUT2D eigenvalue weighted by molar-refractivity contribution is -0.137. The van der Waals surface area contributed by atoms with E-state index < -0.39 is 12.0 Å². The van der Waals surface area contributed by atoms with E-state index in [-0.39, 0.29) is 18.7 Å². The number of carbonyl (C=O) groups is 2. The first kappa shape index (κ1) is 15.9. The highest BCUT2D eigenvalue weighted by molar-refractivity contribution is 5.82. The molecule has 0 aromatic heterocycles. The molecule has 0 aliphatic carbocycles. The maximum atomic E-state index is 11.6. The molecule has 0 aromatic rings. The Kier molecular flexibility index (Phi) is 7.43. The van der Waals surface area contributed by atoms with Crippen LogP contribution in [0.5, 0.6) is 0 Å². The van der Waals surface area contributed by atoms with Gasteiger partial charge in [0.05, 0.1) is 6.04 Å². The Bertz CT molecular complexity index is 291. The van der Waals surface area contributed by atoms with E-state index in [0.717, 1.165) is 26.1 Å². The Morgan fingerprint density at radius 3 is 2.58 bits per heavy atom. The van der Waals surface area contributed by atoms with Gasteiger partial charge in [-0.2, -0.15) is 0 Å². The van der Waals surface area contributed by atoms with Crippen molar-refractivity contribution in [2.45, 2.75) is 44.6 Å². The average Bonchev–Trinajstić information content (AvgIpc) is 2.41. The van der Waals surface area contributed by atoms with E-state index in [4.69, 9.17) is 10.8 Å². The summed E-state index contributed by atoms with van der Waals surface area (Å²) in [6.07, 6.45) is 4.90. The van der Waals surface area contributed by atoms with Crippen LogP contribution in [0.15, 0.2) is 0 Å². The summed E-state index contributed by atoms with van der Waals surface area (Å²) in [5, 5.41) is 11.3. The Morgan fingerprint density at radius 1 is 1.26 bits per heavy atom. The number of amides is 1. The SMILES string of the molecule is NC(CCC(=O)O)C(=O)NCCCN1CCCCC1. The standard InChI is InChI=1S/C13H25N3O3/c14-11(5-6-12(17)18)13(19)15-7-4-10-16-8-2-1-3-9-16/h11H,1-10,14H2,(H,15,19)(H,17,18). The smallest absolute Gasteiger partial charge is 0.303 e. The number of nitrogens with one attached hydrogen (secondary N) is 1. The molecule has 0 bridgehead atoms. The van der Waals surface area contributed by atoms with Gasteiger partial charge in [0, 0.05) is 13.0 Å². The molecule has 0 aromatic carbocycles. The van der Waals surface area contributed by atoms with Crippen molar-refractivity contribution in [2.24, 2.45) is 5.73 Å². The molecule has 1 unspecified atom stereocenters. The van der Waals surface area contributed by atoms with E-state index in [1.165, 1.54) is 19.3 Å². The van der Waals surface area contributed by atoms with Gasteiger partial charge in [0.1, 0.15) is 0 Å². The largest absolute Gasteiger partial charge is 0.481 e. The minimum Gasteiger partial charge on any atom is -0.481 e. The van der Waals surface area contributed by atoms with Gasteiger partial charge in [-0.3, -0.25) is 9.59 Å². The van der Waals surface area contributed by atoms with Crippen LogP contribution in [0.25, 0.3) is 0 Å². The second kappa shape index (κ2) is 8.87. The van der Waals surface area contributed by atoms with E-state index in [9.17, 15) is 9.59 Å². The first-order chi connectivity index (χ1) is 9.09. The Hall–Kier alpha value is -1.14. The fourth-order valence-electron chi connectivity index (χ4n) is 2.24. The molecule has 1 heterocycles. The minimum atomic E-state index is -0.923. The van der Waals surface area contributed by atoms with Crippen LogP contribution in [0.3, 0.4) is 0 Å². The first-order valence-electron chi connectivity index (χ1n) is 7.07. The zero-order valence-electron chi connectivity index (χ0n) is 11.4. The lowest BCUT2D eigenvalue weighted by Crippen LogP contribution is -2.42. The molecule has 1 saturated heterocycles. The lowest BCUT2D eigenvalue weighted by atomic mass is 10.1. The van der Waals surface area contributed by atoms with Crippen molar-refractivity contribution in [3.05, 3.63) is 0 Å². The predicted octanol–water partition coefficient (Wildman–Crippen LogP) is 0.171. The van der Waals surface area contributed by atoms with Crippen LogP contribution in [0.4, 0.5) is 0 Å². The zero-order valence-corrected chi connectivity index (χ0v) is 11.4. The maximum Gasteiger partial charge on any atom is 0.303 e. The first-order valence-corrected chi connectivity index (χ1v) is 7.07. The minimum absolute atomic E-state index is 0.0671. The van der Waals surface area contributed by atoms with Crippen molar-refractivity contribution < 1.29 is 14.7 Å². The summed E-state index contributed by atoms with van der Waals surface area (Å²) < 4.78 is 0.